The number of rotatable bonds is 7. The zero-order chi connectivity index (χ0) is 14.5. The molecule has 0 aliphatic carbocycles. The Bertz CT molecular complexity index is 589. The van der Waals surface area contributed by atoms with Gasteiger partial charge in [-0.1, -0.05) is 13.8 Å². The van der Waals surface area contributed by atoms with E-state index in [1.54, 1.807) is 11.3 Å². The van der Waals surface area contributed by atoms with Gasteiger partial charge >= 0.3 is 5.97 Å². The molecule has 1 N–H and O–H groups in total. The number of thiazole rings is 1. The first-order chi connectivity index (χ1) is 9.63. The highest BCUT2D eigenvalue weighted by atomic mass is 32.1. The molecule has 0 aliphatic rings. The molecule has 2 aromatic heterocycles. The second-order valence-corrected chi connectivity index (χ2v) is 6.42. The largest absolute Gasteiger partial charge is 0.485 e. The van der Waals surface area contributed by atoms with Crippen LogP contribution in [0.4, 0.5) is 0 Å². The van der Waals surface area contributed by atoms with Gasteiger partial charge in [0.05, 0.1) is 10.7 Å². The van der Waals surface area contributed by atoms with Gasteiger partial charge in [0.15, 0.2) is 4.88 Å². The van der Waals surface area contributed by atoms with Gasteiger partial charge < -0.3 is 9.84 Å². The number of aromatic nitrogens is 1. The summed E-state index contributed by atoms with van der Waals surface area (Å²) in [4.78, 5) is 16.9. The summed E-state index contributed by atoms with van der Waals surface area (Å²) in [5.74, 6) is -0.487. The lowest BCUT2D eigenvalue weighted by atomic mass is 10.3. The lowest BCUT2D eigenvalue weighted by molar-refractivity contribution is 0.0697. The molecule has 0 saturated heterocycles. The van der Waals surface area contributed by atoms with Crippen LogP contribution in [0.2, 0.25) is 0 Å². The molecule has 0 aromatic carbocycles. The number of ether oxygens (including phenoxy) is 1. The van der Waals surface area contributed by atoms with Crippen molar-refractivity contribution >= 4 is 28.6 Å². The number of thiophene rings is 1. The number of aryl methyl sites for hydroxylation is 2. The second-order valence-electron chi connectivity index (χ2n) is 4.34. The highest BCUT2D eigenvalue weighted by Crippen LogP contribution is 2.30. The number of aromatic carboxylic acids is 1. The molecule has 0 atom stereocenters. The molecule has 0 amide bonds. The Balaban J connectivity index is 2.05. The van der Waals surface area contributed by atoms with Gasteiger partial charge in [-0.05, 0) is 25.3 Å². The van der Waals surface area contributed by atoms with E-state index in [0.717, 1.165) is 34.8 Å². The van der Waals surface area contributed by atoms with Crippen LogP contribution in [0.25, 0.3) is 0 Å². The Morgan fingerprint density at radius 1 is 1.45 bits per heavy atom. The van der Waals surface area contributed by atoms with Crippen LogP contribution in [0, 0.1) is 0 Å². The van der Waals surface area contributed by atoms with Crippen molar-refractivity contribution in [3.05, 3.63) is 31.9 Å². The Kier molecular flexibility index (Phi) is 5.14. The van der Waals surface area contributed by atoms with Crippen molar-refractivity contribution < 1.29 is 14.6 Å². The Hall–Kier alpha value is -1.40. The maximum atomic E-state index is 11.2. The second kappa shape index (κ2) is 6.85. The number of carbonyl (C=O) groups is 1. The minimum absolute atomic E-state index is 0.269. The quantitative estimate of drug-likeness (QED) is 0.839. The fourth-order valence-corrected chi connectivity index (χ4v) is 3.51. The van der Waals surface area contributed by atoms with Crippen molar-refractivity contribution in [2.45, 2.75) is 39.7 Å². The third-order valence-electron chi connectivity index (χ3n) is 2.73. The molecule has 2 heterocycles. The summed E-state index contributed by atoms with van der Waals surface area (Å²) >= 11 is 2.90. The SMILES string of the molecule is CCCc1nc(COc2cc(CC)sc2C(=O)O)cs1. The van der Waals surface area contributed by atoms with Crippen molar-refractivity contribution in [2.24, 2.45) is 0 Å². The van der Waals surface area contributed by atoms with Gasteiger partial charge in [-0.3, -0.25) is 0 Å². The van der Waals surface area contributed by atoms with Crippen molar-refractivity contribution in [3.8, 4) is 5.75 Å². The predicted octanol–water partition coefficient (Wildman–Crippen LogP) is 4.00. The van der Waals surface area contributed by atoms with Gasteiger partial charge in [-0.2, -0.15) is 0 Å². The Morgan fingerprint density at radius 2 is 2.25 bits per heavy atom. The fraction of sp³-hybridized carbons (Fsp3) is 0.429. The molecule has 4 nitrogen and oxygen atoms in total. The van der Waals surface area contributed by atoms with E-state index in [0.29, 0.717) is 12.4 Å². The lowest BCUT2D eigenvalue weighted by Crippen LogP contribution is -2.00. The topological polar surface area (TPSA) is 59.4 Å². The molecule has 0 radical (unpaired) electrons. The maximum absolute atomic E-state index is 11.2. The zero-order valence-corrected chi connectivity index (χ0v) is 13.1. The van der Waals surface area contributed by atoms with Crippen LogP contribution >= 0.6 is 22.7 Å². The van der Waals surface area contributed by atoms with Gasteiger partial charge in [0, 0.05) is 10.3 Å². The van der Waals surface area contributed by atoms with Gasteiger partial charge in [0.1, 0.15) is 12.4 Å². The van der Waals surface area contributed by atoms with Gasteiger partial charge in [0.25, 0.3) is 0 Å². The molecule has 108 valence electrons. The lowest BCUT2D eigenvalue weighted by Gasteiger charge is -2.02. The molecule has 0 fully saturated rings. The van der Waals surface area contributed by atoms with E-state index < -0.39 is 5.97 Å². The first-order valence-electron chi connectivity index (χ1n) is 6.56. The fourth-order valence-electron chi connectivity index (χ4n) is 1.75. The molecule has 20 heavy (non-hydrogen) atoms. The van der Waals surface area contributed by atoms with Gasteiger partial charge in [-0.25, -0.2) is 9.78 Å². The monoisotopic (exact) mass is 311 g/mol. The summed E-state index contributed by atoms with van der Waals surface area (Å²) < 4.78 is 5.63. The van der Waals surface area contributed by atoms with E-state index in [9.17, 15) is 4.79 Å². The molecule has 2 aromatic rings. The van der Waals surface area contributed by atoms with Crippen LogP contribution < -0.4 is 4.74 Å². The summed E-state index contributed by atoms with van der Waals surface area (Å²) in [7, 11) is 0. The van der Waals surface area contributed by atoms with Crippen LogP contribution in [-0.4, -0.2) is 16.1 Å². The Morgan fingerprint density at radius 3 is 2.90 bits per heavy atom. The van der Waals surface area contributed by atoms with Crippen LogP contribution in [0.1, 0.15) is 45.5 Å². The standard InChI is InChI=1S/C14H17NO3S2/c1-3-5-12-15-9(8-19-12)7-18-11-6-10(4-2)20-13(11)14(16)17/h6,8H,3-5,7H2,1-2H3,(H,16,17). The van der Waals surface area contributed by atoms with E-state index in [1.807, 2.05) is 18.4 Å². The first kappa shape index (κ1) is 15.0. The van der Waals surface area contributed by atoms with Crippen molar-refractivity contribution in [2.75, 3.05) is 0 Å². The van der Waals surface area contributed by atoms with Crippen LogP contribution in [0.15, 0.2) is 11.4 Å². The molecule has 0 saturated carbocycles. The van der Waals surface area contributed by atoms with Crippen LogP contribution in [0.5, 0.6) is 5.75 Å². The molecule has 0 unspecified atom stereocenters. The number of hydrogen-bond donors (Lipinski definition) is 1. The molecule has 2 rings (SSSR count). The van der Waals surface area contributed by atoms with E-state index >= 15 is 0 Å². The summed E-state index contributed by atoms with van der Waals surface area (Å²) in [5, 5.41) is 12.2. The smallest absolute Gasteiger partial charge is 0.349 e. The Labute approximate surface area is 126 Å². The number of nitrogens with zero attached hydrogens (tertiary/aromatic N) is 1. The van der Waals surface area contributed by atoms with Crippen molar-refractivity contribution in [3.63, 3.8) is 0 Å². The maximum Gasteiger partial charge on any atom is 0.349 e. The number of carboxylic acids is 1. The predicted molar refractivity (Wildman–Crippen MR) is 81.1 cm³/mol. The molecule has 0 bridgehead atoms. The van der Waals surface area contributed by atoms with Crippen LogP contribution in [0.3, 0.4) is 0 Å². The highest BCUT2D eigenvalue weighted by Gasteiger charge is 2.16. The minimum Gasteiger partial charge on any atom is -0.485 e. The summed E-state index contributed by atoms with van der Waals surface area (Å²) in [6.07, 6.45) is 2.86. The highest BCUT2D eigenvalue weighted by molar-refractivity contribution is 7.14. The molecule has 0 aliphatic heterocycles. The van der Waals surface area contributed by atoms with Crippen LogP contribution in [-0.2, 0) is 19.4 Å². The third-order valence-corrected chi connectivity index (χ3v) is 4.94. The molecular formula is C14H17NO3S2. The zero-order valence-electron chi connectivity index (χ0n) is 11.5. The molecular weight excluding hydrogens is 294 g/mol. The third kappa shape index (κ3) is 3.58. The average Bonchev–Trinajstić information content (AvgIpc) is 3.03. The van der Waals surface area contributed by atoms with Crippen molar-refractivity contribution in [1.82, 2.24) is 4.98 Å². The summed E-state index contributed by atoms with van der Waals surface area (Å²) in [6, 6.07) is 1.81. The number of carboxylic acid groups (broad SMARTS) is 1. The number of hydrogen-bond acceptors (Lipinski definition) is 5. The van der Waals surface area contributed by atoms with Gasteiger partial charge in [0.2, 0.25) is 0 Å². The van der Waals surface area contributed by atoms with Gasteiger partial charge in [-0.15, -0.1) is 22.7 Å². The average molecular weight is 311 g/mol. The van der Waals surface area contributed by atoms with E-state index in [1.165, 1.54) is 11.3 Å². The molecule has 0 spiro atoms. The van der Waals surface area contributed by atoms with E-state index in [-0.39, 0.29) is 4.88 Å². The summed E-state index contributed by atoms with van der Waals surface area (Å²) in [5.41, 5.74) is 0.860. The van der Waals surface area contributed by atoms with Crippen molar-refractivity contribution in [1.29, 1.82) is 0 Å². The first-order valence-corrected chi connectivity index (χ1v) is 8.25. The minimum atomic E-state index is -0.936. The summed E-state index contributed by atoms with van der Waals surface area (Å²) in [6.45, 7) is 4.44. The molecule has 6 heteroatoms. The van der Waals surface area contributed by atoms with E-state index in [4.69, 9.17) is 9.84 Å². The van der Waals surface area contributed by atoms with E-state index in [2.05, 4.69) is 11.9 Å². The normalized spacial score (nSPS) is 10.7.